The minimum absolute atomic E-state index is 0.212. The van der Waals surface area contributed by atoms with E-state index in [0.29, 0.717) is 5.69 Å². The van der Waals surface area contributed by atoms with Crippen molar-refractivity contribution in [3.05, 3.63) is 28.8 Å². The van der Waals surface area contributed by atoms with E-state index >= 15 is 0 Å². The van der Waals surface area contributed by atoms with Gasteiger partial charge in [0.25, 0.3) is 0 Å². The van der Waals surface area contributed by atoms with Gasteiger partial charge in [0, 0.05) is 5.69 Å². The van der Waals surface area contributed by atoms with E-state index in [1.54, 1.807) is 27.0 Å². The predicted octanol–water partition coefficient (Wildman–Crippen LogP) is 2.06. The van der Waals surface area contributed by atoms with Crippen LogP contribution in [-0.4, -0.2) is 31.6 Å². The van der Waals surface area contributed by atoms with Gasteiger partial charge < -0.3 is 15.4 Å². The second kappa shape index (κ2) is 6.04. The van der Waals surface area contributed by atoms with Gasteiger partial charge in [0.05, 0.1) is 23.2 Å². The third kappa shape index (κ3) is 3.68. The quantitative estimate of drug-likeness (QED) is 0.831. The lowest BCUT2D eigenvalue weighted by atomic mass is 10.0. The lowest BCUT2D eigenvalue weighted by molar-refractivity contribution is -0.121. The van der Waals surface area contributed by atoms with Crippen molar-refractivity contribution in [2.24, 2.45) is 0 Å². The van der Waals surface area contributed by atoms with E-state index in [4.69, 9.17) is 11.6 Å². The van der Waals surface area contributed by atoms with Crippen molar-refractivity contribution in [2.75, 3.05) is 19.5 Å². The number of ether oxygens (including phenoxy) is 1. The van der Waals surface area contributed by atoms with E-state index in [1.807, 2.05) is 0 Å². The Bertz CT molecular complexity index is 501. The van der Waals surface area contributed by atoms with E-state index in [1.165, 1.54) is 19.2 Å². The molecule has 0 radical (unpaired) electrons. The van der Waals surface area contributed by atoms with Crippen LogP contribution >= 0.6 is 11.6 Å². The van der Waals surface area contributed by atoms with Gasteiger partial charge in [-0.1, -0.05) is 11.6 Å². The molecule has 6 heteroatoms. The maximum atomic E-state index is 12.0. The van der Waals surface area contributed by atoms with Crippen LogP contribution in [0.2, 0.25) is 5.02 Å². The van der Waals surface area contributed by atoms with Crippen LogP contribution in [0.15, 0.2) is 18.2 Å². The Kier molecular flexibility index (Phi) is 4.91. The number of amides is 1. The van der Waals surface area contributed by atoms with E-state index in [-0.39, 0.29) is 16.5 Å². The highest BCUT2D eigenvalue weighted by Gasteiger charge is 2.25. The Labute approximate surface area is 117 Å². The molecular weight excluding hydrogens is 268 g/mol. The zero-order valence-corrected chi connectivity index (χ0v) is 12.1. The van der Waals surface area contributed by atoms with Crippen LogP contribution in [0.1, 0.15) is 24.2 Å². The SMILES string of the molecule is CNC(C)(C)C(=O)Nc1ccc(Cl)c(C(=O)OC)c1. The summed E-state index contributed by atoms with van der Waals surface area (Å²) >= 11 is 5.90. The van der Waals surface area contributed by atoms with Gasteiger partial charge in [-0.15, -0.1) is 0 Å². The first kappa shape index (κ1) is 15.5. The number of rotatable bonds is 4. The molecule has 0 spiro atoms. The van der Waals surface area contributed by atoms with Gasteiger partial charge in [-0.05, 0) is 39.1 Å². The van der Waals surface area contributed by atoms with Crippen molar-refractivity contribution in [1.82, 2.24) is 5.32 Å². The van der Waals surface area contributed by atoms with Crippen molar-refractivity contribution in [2.45, 2.75) is 19.4 Å². The highest BCUT2D eigenvalue weighted by Crippen LogP contribution is 2.22. The number of anilines is 1. The Morgan fingerprint density at radius 1 is 1.32 bits per heavy atom. The third-order valence-corrected chi connectivity index (χ3v) is 3.15. The summed E-state index contributed by atoms with van der Waals surface area (Å²) in [5.74, 6) is -0.762. The average molecular weight is 285 g/mol. The number of esters is 1. The Morgan fingerprint density at radius 3 is 2.47 bits per heavy atom. The fraction of sp³-hybridized carbons (Fsp3) is 0.385. The molecule has 2 N–H and O–H groups in total. The van der Waals surface area contributed by atoms with Crippen LogP contribution in [0.25, 0.3) is 0 Å². The second-order valence-corrected chi connectivity index (χ2v) is 4.92. The summed E-state index contributed by atoms with van der Waals surface area (Å²) in [4.78, 5) is 23.5. The molecule has 1 rings (SSSR count). The molecule has 1 aromatic rings. The Balaban J connectivity index is 2.98. The topological polar surface area (TPSA) is 67.4 Å². The van der Waals surface area contributed by atoms with Crippen LogP contribution in [0, 0.1) is 0 Å². The number of hydrogen-bond acceptors (Lipinski definition) is 4. The molecule has 0 heterocycles. The molecule has 0 saturated carbocycles. The van der Waals surface area contributed by atoms with E-state index in [0.717, 1.165) is 0 Å². The average Bonchev–Trinajstić information content (AvgIpc) is 2.39. The first-order chi connectivity index (χ1) is 8.81. The van der Waals surface area contributed by atoms with Gasteiger partial charge in [-0.2, -0.15) is 0 Å². The van der Waals surface area contributed by atoms with Crippen molar-refractivity contribution in [3.63, 3.8) is 0 Å². The molecule has 0 aliphatic carbocycles. The minimum atomic E-state index is -0.717. The molecule has 0 saturated heterocycles. The van der Waals surface area contributed by atoms with Crippen LogP contribution in [0.4, 0.5) is 5.69 Å². The summed E-state index contributed by atoms with van der Waals surface area (Å²) in [7, 11) is 2.97. The maximum Gasteiger partial charge on any atom is 0.339 e. The molecule has 0 atom stereocenters. The monoisotopic (exact) mass is 284 g/mol. The van der Waals surface area contributed by atoms with Crippen molar-refractivity contribution in [3.8, 4) is 0 Å². The van der Waals surface area contributed by atoms with Crippen molar-refractivity contribution >= 4 is 29.2 Å². The van der Waals surface area contributed by atoms with E-state index in [2.05, 4.69) is 15.4 Å². The first-order valence-electron chi connectivity index (χ1n) is 5.70. The summed E-state index contributed by atoms with van der Waals surface area (Å²) in [6.45, 7) is 3.50. The molecule has 1 amide bonds. The molecule has 0 aliphatic heterocycles. The van der Waals surface area contributed by atoms with Gasteiger partial charge in [0.1, 0.15) is 0 Å². The lowest BCUT2D eigenvalue weighted by Gasteiger charge is -2.22. The molecule has 0 fully saturated rings. The standard InChI is InChI=1S/C13H17ClN2O3/c1-13(2,15-3)12(18)16-8-5-6-10(14)9(7-8)11(17)19-4/h5-7,15H,1-4H3,(H,16,18). The zero-order valence-electron chi connectivity index (χ0n) is 11.3. The molecule has 5 nitrogen and oxygen atoms in total. The Hall–Kier alpha value is -1.59. The summed E-state index contributed by atoms with van der Waals surface area (Å²) in [5, 5.41) is 5.88. The molecule has 19 heavy (non-hydrogen) atoms. The first-order valence-corrected chi connectivity index (χ1v) is 6.08. The Morgan fingerprint density at radius 2 is 1.95 bits per heavy atom. The van der Waals surface area contributed by atoms with Crippen LogP contribution < -0.4 is 10.6 Å². The number of hydrogen-bond donors (Lipinski definition) is 2. The largest absolute Gasteiger partial charge is 0.465 e. The minimum Gasteiger partial charge on any atom is -0.465 e. The number of methoxy groups -OCH3 is 1. The lowest BCUT2D eigenvalue weighted by Crippen LogP contribution is -2.47. The number of benzene rings is 1. The summed E-state index contributed by atoms with van der Waals surface area (Å²) < 4.78 is 4.62. The third-order valence-electron chi connectivity index (χ3n) is 2.82. The number of carbonyl (C=O) groups excluding carboxylic acids is 2. The molecular formula is C13H17ClN2O3. The molecule has 104 valence electrons. The maximum absolute atomic E-state index is 12.0. The van der Waals surface area contributed by atoms with Gasteiger partial charge in [0.2, 0.25) is 5.91 Å². The van der Waals surface area contributed by atoms with Gasteiger partial charge in [0.15, 0.2) is 0 Å². The van der Waals surface area contributed by atoms with Gasteiger partial charge in [-0.3, -0.25) is 4.79 Å². The van der Waals surface area contributed by atoms with E-state index in [9.17, 15) is 9.59 Å². The van der Waals surface area contributed by atoms with Gasteiger partial charge in [-0.25, -0.2) is 4.79 Å². The molecule has 0 aliphatic rings. The summed E-state index contributed by atoms with van der Waals surface area (Å²) in [5.41, 5.74) is -0.0206. The number of halogens is 1. The predicted molar refractivity (Wildman–Crippen MR) is 74.6 cm³/mol. The molecule has 0 unspecified atom stereocenters. The van der Waals surface area contributed by atoms with Crippen LogP contribution in [0.5, 0.6) is 0 Å². The van der Waals surface area contributed by atoms with E-state index < -0.39 is 11.5 Å². The zero-order chi connectivity index (χ0) is 14.6. The van der Waals surface area contributed by atoms with Crippen LogP contribution in [0.3, 0.4) is 0 Å². The second-order valence-electron chi connectivity index (χ2n) is 4.52. The van der Waals surface area contributed by atoms with Crippen molar-refractivity contribution < 1.29 is 14.3 Å². The molecule has 1 aromatic carbocycles. The smallest absolute Gasteiger partial charge is 0.339 e. The van der Waals surface area contributed by atoms with Gasteiger partial charge >= 0.3 is 5.97 Å². The fourth-order valence-electron chi connectivity index (χ4n) is 1.27. The number of carbonyl (C=O) groups is 2. The normalized spacial score (nSPS) is 11.0. The van der Waals surface area contributed by atoms with Crippen LogP contribution in [-0.2, 0) is 9.53 Å². The molecule has 0 aromatic heterocycles. The number of nitrogens with one attached hydrogen (secondary N) is 2. The summed E-state index contributed by atoms with van der Waals surface area (Å²) in [6, 6.07) is 4.64. The highest BCUT2D eigenvalue weighted by molar-refractivity contribution is 6.33. The van der Waals surface area contributed by atoms with Crippen molar-refractivity contribution in [1.29, 1.82) is 0 Å². The highest BCUT2D eigenvalue weighted by atomic mass is 35.5. The fourth-order valence-corrected chi connectivity index (χ4v) is 1.46. The molecule has 0 bridgehead atoms. The summed E-state index contributed by atoms with van der Waals surface area (Å²) in [6.07, 6.45) is 0. The number of likely N-dealkylation sites (N-methyl/N-ethyl adjacent to an activating group) is 1.